The SMILES string of the molecule is CC(C)C[C@H](N)c1nnc(SCC(=O)N(C)C)o1. The fourth-order valence-corrected chi connectivity index (χ4v) is 2.04. The van der Waals surface area contributed by atoms with Crippen molar-refractivity contribution in [3.05, 3.63) is 5.89 Å². The van der Waals surface area contributed by atoms with Crippen LogP contribution in [0.2, 0.25) is 0 Å². The van der Waals surface area contributed by atoms with E-state index in [2.05, 4.69) is 24.0 Å². The van der Waals surface area contributed by atoms with Crippen LogP contribution in [0.15, 0.2) is 9.64 Å². The van der Waals surface area contributed by atoms with Crippen LogP contribution in [0.4, 0.5) is 0 Å². The van der Waals surface area contributed by atoms with Crippen LogP contribution in [0.3, 0.4) is 0 Å². The van der Waals surface area contributed by atoms with Gasteiger partial charge in [0.1, 0.15) is 0 Å². The maximum absolute atomic E-state index is 11.4. The predicted octanol–water partition coefficient (Wildman–Crippen LogP) is 1.30. The molecule has 0 fully saturated rings. The van der Waals surface area contributed by atoms with Crippen molar-refractivity contribution in [2.45, 2.75) is 31.5 Å². The molecule has 0 saturated carbocycles. The first-order valence-corrected chi connectivity index (χ1v) is 6.80. The largest absolute Gasteiger partial charge is 0.414 e. The molecule has 1 amide bonds. The molecule has 0 aromatic carbocycles. The van der Waals surface area contributed by atoms with Crippen LogP contribution in [0, 0.1) is 5.92 Å². The molecule has 0 aliphatic heterocycles. The molecule has 0 bridgehead atoms. The average Bonchev–Trinajstić information content (AvgIpc) is 2.73. The average molecular weight is 272 g/mol. The summed E-state index contributed by atoms with van der Waals surface area (Å²) in [4.78, 5) is 12.9. The molecule has 6 nitrogen and oxygen atoms in total. The van der Waals surface area contributed by atoms with Crippen LogP contribution in [0.1, 0.15) is 32.2 Å². The van der Waals surface area contributed by atoms with Gasteiger partial charge in [0.05, 0.1) is 11.8 Å². The quantitative estimate of drug-likeness (QED) is 0.786. The molecule has 1 aromatic heterocycles. The van der Waals surface area contributed by atoms with E-state index in [1.54, 1.807) is 14.1 Å². The molecule has 18 heavy (non-hydrogen) atoms. The van der Waals surface area contributed by atoms with Crippen molar-refractivity contribution < 1.29 is 9.21 Å². The van der Waals surface area contributed by atoms with Gasteiger partial charge in [-0.1, -0.05) is 25.6 Å². The van der Waals surface area contributed by atoms with Crippen molar-refractivity contribution in [3.63, 3.8) is 0 Å². The monoisotopic (exact) mass is 272 g/mol. The van der Waals surface area contributed by atoms with Crippen molar-refractivity contribution in [1.82, 2.24) is 15.1 Å². The van der Waals surface area contributed by atoms with Gasteiger partial charge in [-0.2, -0.15) is 0 Å². The molecule has 0 spiro atoms. The lowest BCUT2D eigenvalue weighted by Crippen LogP contribution is -2.23. The second-order valence-corrected chi connectivity index (χ2v) is 5.65. The number of aromatic nitrogens is 2. The lowest BCUT2D eigenvalue weighted by molar-refractivity contribution is -0.125. The van der Waals surface area contributed by atoms with E-state index in [0.29, 0.717) is 17.0 Å². The summed E-state index contributed by atoms with van der Waals surface area (Å²) in [5.74, 6) is 1.20. The third-order valence-corrected chi connectivity index (χ3v) is 3.09. The Morgan fingerprint density at radius 1 is 1.44 bits per heavy atom. The van der Waals surface area contributed by atoms with Crippen LogP contribution < -0.4 is 5.73 Å². The van der Waals surface area contributed by atoms with Crippen LogP contribution in [0.25, 0.3) is 0 Å². The minimum Gasteiger partial charge on any atom is -0.414 e. The number of hydrogen-bond acceptors (Lipinski definition) is 6. The zero-order valence-corrected chi connectivity index (χ0v) is 12.0. The van der Waals surface area contributed by atoms with Gasteiger partial charge in [0.25, 0.3) is 5.22 Å². The number of hydrogen-bond donors (Lipinski definition) is 1. The van der Waals surface area contributed by atoms with Gasteiger partial charge in [0, 0.05) is 14.1 Å². The molecule has 0 radical (unpaired) electrons. The predicted molar refractivity (Wildman–Crippen MR) is 70.1 cm³/mol. The Morgan fingerprint density at radius 2 is 2.11 bits per heavy atom. The van der Waals surface area contributed by atoms with Gasteiger partial charge in [-0.15, -0.1) is 10.2 Å². The molecular weight excluding hydrogens is 252 g/mol. The van der Waals surface area contributed by atoms with E-state index in [1.807, 2.05) is 0 Å². The van der Waals surface area contributed by atoms with Gasteiger partial charge in [0.2, 0.25) is 11.8 Å². The van der Waals surface area contributed by atoms with Crippen molar-refractivity contribution in [2.24, 2.45) is 11.7 Å². The molecule has 1 aromatic rings. The van der Waals surface area contributed by atoms with Gasteiger partial charge in [0.15, 0.2) is 0 Å². The van der Waals surface area contributed by atoms with Gasteiger partial charge in [-0.05, 0) is 12.3 Å². The van der Waals surface area contributed by atoms with Crippen LogP contribution >= 0.6 is 11.8 Å². The van der Waals surface area contributed by atoms with E-state index in [4.69, 9.17) is 10.2 Å². The van der Waals surface area contributed by atoms with E-state index in [-0.39, 0.29) is 17.7 Å². The minimum absolute atomic E-state index is 0.00577. The number of nitrogens with zero attached hydrogens (tertiary/aromatic N) is 3. The molecule has 7 heteroatoms. The minimum atomic E-state index is -0.239. The zero-order valence-electron chi connectivity index (χ0n) is 11.2. The lowest BCUT2D eigenvalue weighted by atomic mass is 10.1. The van der Waals surface area contributed by atoms with Crippen LogP contribution in [-0.2, 0) is 4.79 Å². The molecule has 2 N–H and O–H groups in total. The maximum Gasteiger partial charge on any atom is 0.277 e. The first-order valence-electron chi connectivity index (χ1n) is 5.82. The summed E-state index contributed by atoms with van der Waals surface area (Å²) in [6.45, 7) is 4.17. The smallest absolute Gasteiger partial charge is 0.277 e. The van der Waals surface area contributed by atoms with Crippen molar-refractivity contribution in [2.75, 3.05) is 19.8 Å². The molecule has 102 valence electrons. The number of nitrogens with two attached hydrogens (primary N) is 1. The summed E-state index contributed by atoms with van der Waals surface area (Å²) in [5, 5.41) is 8.16. The Bertz CT molecular complexity index is 392. The molecule has 1 heterocycles. The third-order valence-electron chi connectivity index (χ3n) is 2.28. The highest BCUT2D eigenvalue weighted by molar-refractivity contribution is 7.99. The fourth-order valence-electron chi connectivity index (χ4n) is 1.29. The number of carbonyl (C=O) groups is 1. The highest BCUT2D eigenvalue weighted by Gasteiger charge is 2.16. The molecule has 0 aliphatic rings. The maximum atomic E-state index is 11.4. The van der Waals surface area contributed by atoms with Crippen LogP contribution in [-0.4, -0.2) is 40.9 Å². The topological polar surface area (TPSA) is 85.2 Å². The molecule has 0 saturated heterocycles. The van der Waals surface area contributed by atoms with E-state index in [9.17, 15) is 4.79 Å². The number of carbonyl (C=O) groups excluding carboxylic acids is 1. The van der Waals surface area contributed by atoms with E-state index < -0.39 is 0 Å². The van der Waals surface area contributed by atoms with E-state index in [0.717, 1.165) is 6.42 Å². The third kappa shape index (κ3) is 4.66. The second kappa shape index (κ2) is 6.75. The standard InChI is InChI=1S/C11H20N4O2S/c1-7(2)5-8(12)10-13-14-11(17-10)18-6-9(16)15(3)4/h7-8H,5-6,12H2,1-4H3/t8-/m0/s1. The Hall–Kier alpha value is -1.08. The first kappa shape index (κ1) is 15.0. The van der Waals surface area contributed by atoms with Gasteiger partial charge >= 0.3 is 0 Å². The normalized spacial score (nSPS) is 12.8. The van der Waals surface area contributed by atoms with Crippen molar-refractivity contribution >= 4 is 17.7 Å². The molecule has 0 aliphatic carbocycles. The summed E-state index contributed by atoms with van der Waals surface area (Å²) in [7, 11) is 3.42. The fraction of sp³-hybridized carbons (Fsp3) is 0.727. The van der Waals surface area contributed by atoms with Gasteiger partial charge < -0.3 is 15.1 Å². The lowest BCUT2D eigenvalue weighted by Gasteiger charge is -2.09. The molecule has 1 rings (SSSR count). The Balaban J connectivity index is 2.50. The Morgan fingerprint density at radius 3 is 2.67 bits per heavy atom. The van der Waals surface area contributed by atoms with Crippen LogP contribution in [0.5, 0.6) is 0 Å². The highest BCUT2D eigenvalue weighted by atomic mass is 32.2. The van der Waals surface area contributed by atoms with E-state index in [1.165, 1.54) is 16.7 Å². The van der Waals surface area contributed by atoms with Crippen molar-refractivity contribution in [3.8, 4) is 0 Å². The van der Waals surface area contributed by atoms with E-state index >= 15 is 0 Å². The number of amides is 1. The second-order valence-electron chi connectivity index (χ2n) is 4.72. The summed E-state index contributed by atoms with van der Waals surface area (Å²) < 4.78 is 5.42. The summed E-state index contributed by atoms with van der Waals surface area (Å²) in [6.07, 6.45) is 0.795. The summed E-state index contributed by atoms with van der Waals surface area (Å²) in [6, 6.07) is -0.239. The first-order chi connectivity index (χ1) is 8.40. The number of thioether (sulfide) groups is 1. The summed E-state index contributed by atoms with van der Waals surface area (Å²) in [5.41, 5.74) is 5.93. The molecule has 0 unspecified atom stereocenters. The number of rotatable bonds is 6. The Kier molecular flexibility index (Phi) is 5.61. The summed E-state index contributed by atoms with van der Waals surface area (Å²) >= 11 is 1.23. The Labute approximate surface area is 111 Å². The van der Waals surface area contributed by atoms with Crippen molar-refractivity contribution in [1.29, 1.82) is 0 Å². The molecular formula is C11H20N4O2S. The molecule has 1 atom stereocenters. The van der Waals surface area contributed by atoms with Gasteiger partial charge in [-0.25, -0.2) is 0 Å². The van der Waals surface area contributed by atoms with Gasteiger partial charge in [-0.3, -0.25) is 4.79 Å². The highest BCUT2D eigenvalue weighted by Crippen LogP contribution is 2.22. The zero-order chi connectivity index (χ0) is 13.7.